The number of nitrogens with zero attached hydrogens (tertiary/aromatic N) is 1. The van der Waals surface area contributed by atoms with Crippen LogP contribution in [0.5, 0.6) is 0 Å². The summed E-state index contributed by atoms with van der Waals surface area (Å²) in [7, 11) is 0. The number of ether oxygens (including phenoxy) is 2. The van der Waals surface area contributed by atoms with E-state index in [1.54, 1.807) is 16.7 Å². The summed E-state index contributed by atoms with van der Waals surface area (Å²) in [4.78, 5) is 15.6. The van der Waals surface area contributed by atoms with Gasteiger partial charge in [-0.05, 0) is 24.6 Å². The van der Waals surface area contributed by atoms with Crippen molar-refractivity contribution >= 4 is 35.0 Å². The Labute approximate surface area is 133 Å². The lowest BCUT2D eigenvalue weighted by Gasteiger charge is -2.29. The molecule has 0 radical (unpaired) electrons. The molecule has 0 N–H and O–H groups in total. The molecule has 0 bridgehead atoms. The number of hydrogen-bond donors (Lipinski definition) is 0. The van der Waals surface area contributed by atoms with Gasteiger partial charge in [0.15, 0.2) is 6.10 Å². The van der Waals surface area contributed by atoms with Gasteiger partial charge in [-0.2, -0.15) is 0 Å². The summed E-state index contributed by atoms with van der Waals surface area (Å²) < 4.78 is 10.9. The van der Waals surface area contributed by atoms with Gasteiger partial charge in [-0.1, -0.05) is 18.5 Å². The van der Waals surface area contributed by atoms with Gasteiger partial charge in [0.1, 0.15) is 0 Å². The van der Waals surface area contributed by atoms with Gasteiger partial charge in [0.05, 0.1) is 25.5 Å². The van der Waals surface area contributed by atoms with E-state index in [1.807, 2.05) is 18.2 Å². The molecule has 3 rings (SSSR count). The van der Waals surface area contributed by atoms with Crippen LogP contribution in [0.4, 0.5) is 5.69 Å². The van der Waals surface area contributed by atoms with Crippen molar-refractivity contribution in [3.05, 3.63) is 23.2 Å². The normalized spacial score (nSPS) is 26.1. The number of rotatable bonds is 1. The first-order valence-electron chi connectivity index (χ1n) is 7.12. The maximum Gasteiger partial charge on any atom is 0.258 e. The van der Waals surface area contributed by atoms with Gasteiger partial charge in [0, 0.05) is 21.7 Å². The lowest BCUT2D eigenvalue weighted by molar-refractivity contribution is -0.144. The van der Waals surface area contributed by atoms with Gasteiger partial charge < -0.3 is 14.4 Å². The molecule has 1 fully saturated rings. The molecule has 1 saturated heterocycles. The molecular formula is C15H18ClNO3S. The first-order valence-corrected chi connectivity index (χ1v) is 8.38. The zero-order valence-electron chi connectivity index (χ0n) is 11.9. The fourth-order valence-corrected chi connectivity index (χ4v) is 3.80. The van der Waals surface area contributed by atoms with E-state index in [2.05, 4.69) is 6.92 Å². The van der Waals surface area contributed by atoms with Crippen LogP contribution in [-0.4, -0.2) is 43.6 Å². The van der Waals surface area contributed by atoms with Crippen LogP contribution in [0.1, 0.15) is 13.3 Å². The van der Waals surface area contributed by atoms with E-state index in [1.165, 1.54) is 0 Å². The minimum atomic E-state index is -0.510. The average molecular weight is 328 g/mol. The summed E-state index contributed by atoms with van der Waals surface area (Å²) in [6.45, 7) is 4.21. The zero-order valence-corrected chi connectivity index (χ0v) is 13.5. The SMILES string of the molecule is C[C@H]1CCN(C(=O)[C@H]2COCCO2)c2cc(Cl)ccc2S1. The Balaban J connectivity index is 1.90. The number of anilines is 1. The minimum Gasteiger partial charge on any atom is -0.376 e. The number of carbonyl (C=O) groups is 1. The summed E-state index contributed by atoms with van der Waals surface area (Å²) in [5.41, 5.74) is 0.885. The van der Waals surface area contributed by atoms with Gasteiger partial charge in [0.2, 0.25) is 0 Å². The Hall–Kier alpha value is -0.750. The van der Waals surface area contributed by atoms with Crippen molar-refractivity contribution in [3.63, 3.8) is 0 Å². The molecule has 1 aromatic rings. The fraction of sp³-hybridized carbons (Fsp3) is 0.533. The van der Waals surface area contributed by atoms with Crippen molar-refractivity contribution in [3.8, 4) is 0 Å². The lowest BCUT2D eigenvalue weighted by Crippen LogP contribution is -2.46. The summed E-state index contributed by atoms with van der Waals surface area (Å²) >= 11 is 7.90. The highest BCUT2D eigenvalue weighted by Gasteiger charge is 2.31. The molecule has 21 heavy (non-hydrogen) atoms. The highest BCUT2D eigenvalue weighted by molar-refractivity contribution is 8.00. The van der Waals surface area contributed by atoms with Crippen molar-refractivity contribution in [2.75, 3.05) is 31.3 Å². The molecule has 2 heterocycles. The largest absolute Gasteiger partial charge is 0.376 e. The second-order valence-corrected chi connectivity index (χ2v) is 7.17. The second-order valence-electron chi connectivity index (χ2n) is 5.25. The lowest BCUT2D eigenvalue weighted by atomic mass is 10.2. The van der Waals surface area contributed by atoms with Crippen molar-refractivity contribution in [1.29, 1.82) is 0 Å². The van der Waals surface area contributed by atoms with E-state index >= 15 is 0 Å². The maximum atomic E-state index is 12.8. The predicted octanol–water partition coefficient (Wildman–Crippen LogP) is 2.97. The van der Waals surface area contributed by atoms with E-state index in [0.29, 0.717) is 36.6 Å². The van der Waals surface area contributed by atoms with E-state index in [4.69, 9.17) is 21.1 Å². The average Bonchev–Trinajstić information content (AvgIpc) is 2.66. The summed E-state index contributed by atoms with van der Waals surface area (Å²) in [6.07, 6.45) is 0.431. The highest BCUT2D eigenvalue weighted by Crippen LogP contribution is 2.39. The number of thioether (sulfide) groups is 1. The van der Waals surface area contributed by atoms with Crippen molar-refractivity contribution in [2.45, 2.75) is 29.6 Å². The maximum absolute atomic E-state index is 12.8. The molecule has 0 spiro atoms. The number of carbonyl (C=O) groups excluding carboxylic acids is 1. The Morgan fingerprint density at radius 1 is 1.43 bits per heavy atom. The molecule has 0 aromatic heterocycles. The minimum absolute atomic E-state index is 0.0343. The van der Waals surface area contributed by atoms with Gasteiger partial charge in [-0.15, -0.1) is 11.8 Å². The van der Waals surface area contributed by atoms with E-state index in [0.717, 1.165) is 17.0 Å². The van der Waals surface area contributed by atoms with Gasteiger partial charge >= 0.3 is 0 Å². The smallest absolute Gasteiger partial charge is 0.258 e. The molecule has 4 nitrogen and oxygen atoms in total. The molecule has 2 atom stereocenters. The fourth-order valence-electron chi connectivity index (χ4n) is 2.54. The van der Waals surface area contributed by atoms with Crippen LogP contribution in [0.25, 0.3) is 0 Å². The molecule has 2 aliphatic rings. The summed E-state index contributed by atoms with van der Waals surface area (Å²) in [5.74, 6) is -0.0343. The van der Waals surface area contributed by atoms with Crippen molar-refractivity contribution in [1.82, 2.24) is 0 Å². The standard InChI is InChI=1S/C15H18ClNO3S/c1-10-4-5-17(15(18)13-9-19-6-7-20-13)12-8-11(16)2-3-14(12)21-10/h2-3,8,10,13H,4-7,9H2,1H3/t10-,13+/m0/s1. The zero-order chi connectivity index (χ0) is 14.8. The Morgan fingerprint density at radius 3 is 3.05 bits per heavy atom. The monoisotopic (exact) mass is 327 g/mol. The number of amides is 1. The van der Waals surface area contributed by atoms with Crippen LogP contribution in [0.3, 0.4) is 0 Å². The molecule has 0 unspecified atom stereocenters. The molecule has 0 saturated carbocycles. The molecule has 1 amide bonds. The number of fused-ring (bicyclic) bond motifs is 1. The van der Waals surface area contributed by atoms with Crippen LogP contribution < -0.4 is 4.90 Å². The van der Waals surface area contributed by atoms with E-state index in [-0.39, 0.29) is 5.91 Å². The Bertz CT molecular complexity index is 534. The number of hydrogen-bond acceptors (Lipinski definition) is 4. The predicted molar refractivity (Wildman–Crippen MR) is 84.3 cm³/mol. The molecule has 1 aromatic carbocycles. The third-order valence-electron chi connectivity index (χ3n) is 3.66. The molecular weight excluding hydrogens is 310 g/mol. The summed E-state index contributed by atoms with van der Waals surface area (Å²) in [5, 5.41) is 1.11. The van der Waals surface area contributed by atoms with Crippen LogP contribution in [0.15, 0.2) is 23.1 Å². The summed E-state index contributed by atoms with van der Waals surface area (Å²) in [6, 6.07) is 5.72. The van der Waals surface area contributed by atoms with Crippen LogP contribution in [0.2, 0.25) is 5.02 Å². The van der Waals surface area contributed by atoms with Gasteiger partial charge in [-0.3, -0.25) is 4.79 Å². The first-order chi connectivity index (χ1) is 10.1. The van der Waals surface area contributed by atoms with Gasteiger partial charge in [0.25, 0.3) is 5.91 Å². The van der Waals surface area contributed by atoms with E-state index in [9.17, 15) is 4.79 Å². The molecule has 114 valence electrons. The Kier molecular flexibility index (Phi) is 4.74. The molecule has 0 aliphatic carbocycles. The van der Waals surface area contributed by atoms with Crippen molar-refractivity contribution in [2.24, 2.45) is 0 Å². The van der Waals surface area contributed by atoms with Crippen molar-refractivity contribution < 1.29 is 14.3 Å². The first kappa shape index (κ1) is 15.2. The quantitative estimate of drug-likeness (QED) is 0.795. The third-order valence-corrected chi connectivity index (χ3v) is 5.13. The van der Waals surface area contributed by atoms with Crippen LogP contribution in [0, 0.1) is 0 Å². The Morgan fingerprint density at radius 2 is 2.29 bits per heavy atom. The second kappa shape index (κ2) is 6.57. The van der Waals surface area contributed by atoms with Crippen LogP contribution >= 0.6 is 23.4 Å². The molecule has 2 aliphatic heterocycles. The third kappa shape index (κ3) is 3.37. The van der Waals surface area contributed by atoms with Gasteiger partial charge in [-0.25, -0.2) is 0 Å². The van der Waals surface area contributed by atoms with Crippen LogP contribution in [-0.2, 0) is 14.3 Å². The topological polar surface area (TPSA) is 38.8 Å². The molecule has 6 heteroatoms. The van der Waals surface area contributed by atoms with E-state index < -0.39 is 6.10 Å². The highest BCUT2D eigenvalue weighted by atomic mass is 35.5. The number of halogens is 1. The number of benzene rings is 1.